The van der Waals surface area contributed by atoms with E-state index in [1.807, 2.05) is 24.3 Å². The summed E-state index contributed by atoms with van der Waals surface area (Å²) in [6, 6.07) is 7.54. The molecule has 1 aromatic carbocycles. The quantitative estimate of drug-likeness (QED) is 0.748. The molecule has 2 rings (SSSR count). The monoisotopic (exact) mass is 246 g/mol. The summed E-state index contributed by atoms with van der Waals surface area (Å²) in [6.45, 7) is 0. The summed E-state index contributed by atoms with van der Waals surface area (Å²) < 4.78 is 26.1. The van der Waals surface area contributed by atoms with Crippen molar-refractivity contribution in [3.05, 3.63) is 34.3 Å². The molecular weight excluding hydrogens is 238 g/mol. The fourth-order valence-electron chi connectivity index (χ4n) is 1.40. The van der Waals surface area contributed by atoms with Gasteiger partial charge in [-0.3, -0.25) is 0 Å². The third-order valence-corrected chi connectivity index (χ3v) is 2.88. The zero-order valence-electron chi connectivity index (χ0n) is 6.93. The summed E-state index contributed by atoms with van der Waals surface area (Å²) in [5.74, 6) is -2.82. The van der Waals surface area contributed by atoms with Crippen molar-refractivity contribution < 1.29 is 8.78 Å². The van der Waals surface area contributed by atoms with Gasteiger partial charge in [0, 0.05) is 16.8 Å². The zero-order valence-corrected chi connectivity index (χ0v) is 8.52. The Morgan fingerprint density at radius 2 is 1.85 bits per heavy atom. The van der Waals surface area contributed by atoms with Gasteiger partial charge in [-0.2, -0.15) is 0 Å². The van der Waals surface area contributed by atoms with Gasteiger partial charge in [0.1, 0.15) is 0 Å². The second-order valence-corrected chi connectivity index (χ2v) is 4.41. The van der Waals surface area contributed by atoms with E-state index in [0.29, 0.717) is 6.42 Å². The minimum Gasteiger partial charge on any atom is -0.207 e. The molecule has 70 valence electrons. The van der Waals surface area contributed by atoms with Gasteiger partial charge in [0.2, 0.25) is 0 Å². The Labute approximate surface area is 84.1 Å². The van der Waals surface area contributed by atoms with Gasteiger partial charge in [0.15, 0.2) is 0 Å². The highest BCUT2D eigenvalue weighted by atomic mass is 79.9. The molecule has 1 unspecified atom stereocenters. The molecular formula is C10H9BrF2. The molecule has 0 N–H and O–H groups in total. The van der Waals surface area contributed by atoms with Gasteiger partial charge in [-0.15, -0.1) is 0 Å². The van der Waals surface area contributed by atoms with Gasteiger partial charge in [0.25, 0.3) is 5.92 Å². The molecule has 0 nitrogen and oxygen atoms in total. The van der Waals surface area contributed by atoms with E-state index in [1.165, 1.54) is 0 Å². The van der Waals surface area contributed by atoms with Crippen LogP contribution in [0.25, 0.3) is 0 Å². The lowest BCUT2D eigenvalue weighted by atomic mass is 10.1. The second-order valence-electron chi connectivity index (χ2n) is 3.49. The van der Waals surface area contributed by atoms with Crippen LogP contribution in [0, 0.1) is 5.92 Å². The molecule has 3 heteroatoms. The van der Waals surface area contributed by atoms with Crippen LogP contribution in [0.5, 0.6) is 0 Å². The van der Waals surface area contributed by atoms with Crippen LogP contribution in [0.3, 0.4) is 0 Å². The predicted molar refractivity (Wildman–Crippen MR) is 50.9 cm³/mol. The smallest absolute Gasteiger partial charge is 0.207 e. The van der Waals surface area contributed by atoms with Crippen LogP contribution in [-0.4, -0.2) is 5.92 Å². The third kappa shape index (κ3) is 2.08. The van der Waals surface area contributed by atoms with Gasteiger partial charge < -0.3 is 0 Å². The first-order valence-electron chi connectivity index (χ1n) is 4.20. The summed E-state index contributed by atoms with van der Waals surface area (Å²) in [5.41, 5.74) is 0.991. The number of rotatable bonds is 2. The summed E-state index contributed by atoms with van der Waals surface area (Å²) in [5, 5.41) is 0. The van der Waals surface area contributed by atoms with E-state index in [-0.39, 0.29) is 6.42 Å². The maximum absolute atomic E-state index is 12.6. The van der Waals surface area contributed by atoms with Crippen molar-refractivity contribution in [2.75, 3.05) is 0 Å². The van der Waals surface area contributed by atoms with Crippen molar-refractivity contribution in [1.29, 1.82) is 0 Å². The highest BCUT2D eigenvalue weighted by molar-refractivity contribution is 9.10. The second kappa shape index (κ2) is 3.05. The van der Waals surface area contributed by atoms with Gasteiger partial charge in [-0.1, -0.05) is 28.1 Å². The molecule has 13 heavy (non-hydrogen) atoms. The van der Waals surface area contributed by atoms with E-state index < -0.39 is 11.8 Å². The Morgan fingerprint density at radius 3 is 2.31 bits per heavy atom. The predicted octanol–water partition coefficient (Wildman–Crippen LogP) is 3.65. The Hall–Kier alpha value is -0.440. The summed E-state index contributed by atoms with van der Waals surface area (Å²) in [4.78, 5) is 0. The van der Waals surface area contributed by atoms with Crippen LogP contribution >= 0.6 is 15.9 Å². The van der Waals surface area contributed by atoms with Gasteiger partial charge in [-0.25, -0.2) is 8.78 Å². The van der Waals surface area contributed by atoms with E-state index in [9.17, 15) is 8.78 Å². The molecule has 0 radical (unpaired) electrons. The molecule has 1 fully saturated rings. The van der Waals surface area contributed by atoms with Crippen LogP contribution in [0.15, 0.2) is 28.7 Å². The van der Waals surface area contributed by atoms with Crippen LogP contribution in [-0.2, 0) is 6.42 Å². The lowest BCUT2D eigenvalue weighted by Crippen LogP contribution is -1.97. The van der Waals surface area contributed by atoms with Crippen molar-refractivity contribution in [2.45, 2.75) is 18.8 Å². The van der Waals surface area contributed by atoms with Crippen LogP contribution in [0.2, 0.25) is 0 Å². The van der Waals surface area contributed by atoms with Crippen molar-refractivity contribution in [2.24, 2.45) is 5.92 Å². The van der Waals surface area contributed by atoms with Crippen LogP contribution in [0.1, 0.15) is 12.0 Å². The maximum Gasteiger partial charge on any atom is 0.251 e. The van der Waals surface area contributed by atoms with E-state index >= 15 is 0 Å². The van der Waals surface area contributed by atoms with Crippen molar-refractivity contribution in [3.8, 4) is 0 Å². The highest BCUT2D eigenvalue weighted by Gasteiger charge is 2.56. The molecule has 0 amide bonds. The molecule has 1 aromatic rings. The molecule has 0 bridgehead atoms. The molecule has 0 saturated heterocycles. The largest absolute Gasteiger partial charge is 0.251 e. The average molecular weight is 247 g/mol. The lowest BCUT2D eigenvalue weighted by molar-refractivity contribution is 0.0989. The highest BCUT2D eigenvalue weighted by Crippen LogP contribution is 2.50. The first-order valence-corrected chi connectivity index (χ1v) is 4.99. The Kier molecular flexibility index (Phi) is 2.14. The molecule has 0 spiro atoms. The van der Waals surface area contributed by atoms with Crippen LogP contribution < -0.4 is 0 Å². The summed E-state index contributed by atoms with van der Waals surface area (Å²) >= 11 is 3.30. The zero-order chi connectivity index (χ0) is 9.47. The minimum atomic E-state index is -2.40. The van der Waals surface area contributed by atoms with Gasteiger partial charge in [-0.05, 0) is 24.1 Å². The van der Waals surface area contributed by atoms with E-state index in [1.54, 1.807) is 0 Å². The van der Waals surface area contributed by atoms with E-state index in [0.717, 1.165) is 10.0 Å². The average Bonchev–Trinajstić information content (AvgIpc) is 2.64. The molecule has 0 aromatic heterocycles. The number of hydrogen-bond acceptors (Lipinski definition) is 0. The Bertz CT molecular complexity index is 305. The van der Waals surface area contributed by atoms with Gasteiger partial charge in [0.05, 0.1) is 0 Å². The minimum absolute atomic E-state index is 0.0586. The number of halogens is 3. The van der Waals surface area contributed by atoms with E-state index in [4.69, 9.17) is 0 Å². The lowest BCUT2D eigenvalue weighted by Gasteiger charge is -1.99. The fourth-order valence-corrected chi connectivity index (χ4v) is 1.66. The third-order valence-electron chi connectivity index (χ3n) is 2.35. The topological polar surface area (TPSA) is 0 Å². The van der Waals surface area contributed by atoms with Crippen LogP contribution in [0.4, 0.5) is 8.78 Å². The molecule has 0 aliphatic heterocycles. The SMILES string of the molecule is FC1(F)CC1Cc1ccc(Br)cc1. The van der Waals surface area contributed by atoms with E-state index in [2.05, 4.69) is 15.9 Å². The first kappa shape index (κ1) is 9.13. The van der Waals surface area contributed by atoms with Gasteiger partial charge >= 0.3 is 0 Å². The number of hydrogen-bond donors (Lipinski definition) is 0. The standard InChI is InChI=1S/C10H9BrF2/c11-9-3-1-7(2-4-9)5-8-6-10(8,12)13/h1-4,8H,5-6H2. The maximum atomic E-state index is 12.6. The summed E-state index contributed by atoms with van der Waals surface area (Å²) in [6.07, 6.45) is 0.559. The molecule has 1 atom stereocenters. The molecule has 1 saturated carbocycles. The normalized spacial score (nSPS) is 24.4. The number of alkyl halides is 2. The van der Waals surface area contributed by atoms with Crippen molar-refractivity contribution >= 4 is 15.9 Å². The Balaban J connectivity index is 2.00. The molecule has 0 heterocycles. The first-order chi connectivity index (χ1) is 6.08. The molecule has 1 aliphatic carbocycles. The Morgan fingerprint density at radius 1 is 1.31 bits per heavy atom. The molecule has 1 aliphatic rings. The number of benzene rings is 1. The fraction of sp³-hybridized carbons (Fsp3) is 0.400. The summed E-state index contributed by atoms with van der Waals surface area (Å²) in [7, 11) is 0. The van der Waals surface area contributed by atoms with Crippen molar-refractivity contribution in [3.63, 3.8) is 0 Å². The van der Waals surface area contributed by atoms with Crippen molar-refractivity contribution in [1.82, 2.24) is 0 Å².